The molecule has 3 aromatic carbocycles. The Morgan fingerprint density at radius 3 is 1.84 bits per heavy atom. The highest BCUT2D eigenvalue weighted by Gasteiger charge is 2.22. The van der Waals surface area contributed by atoms with Gasteiger partial charge in [0, 0.05) is 25.4 Å². The number of benzene rings is 3. The summed E-state index contributed by atoms with van der Waals surface area (Å²) in [4.78, 5) is 28.3. The highest BCUT2D eigenvalue weighted by molar-refractivity contribution is 6.04. The van der Waals surface area contributed by atoms with E-state index in [9.17, 15) is 9.59 Å². The molecule has 4 rings (SSSR count). The summed E-state index contributed by atoms with van der Waals surface area (Å²) in [5.41, 5.74) is 3.36. The Kier molecular flexibility index (Phi) is 7.34. The van der Waals surface area contributed by atoms with Crippen LogP contribution in [0.4, 0.5) is 5.69 Å². The third-order valence-electron chi connectivity index (χ3n) is 6.12. The SMILES string of the molecule is O=C(CC(c1ccccc1)c1ccccc1)Nc1ccccc1C(=O)N1CCCCCC1. The average molecular weight is 427 g/mol. The van der Waals surface area contributed by atoms with Crippen LogP contribution in [0.25, 0.3) is 0 Å². The molecule has 4 heteroatoms. The molecule has 0 radical (unpaired) electrons. The lowest BCUT2D eigenvalue weighted by Crippen LogP contribution is -2.32. The summed E-state index contributed by atoms with van der Waals surface area (Å²) in [6.07, 6.45) is 4.72. The molecule has 1 heterocycles. The van der Waals surface area contributed by atoms with Gasteiger partial charge in [0.25, 0.3) is 5.91 Å². The Bertz CT molecular complexity index is 986. The highest BCUT2D eigenvalue weighted by Crippen LogP contribution is 2.29. The van der Waals surface area contributed by atoms with E-state index in [0.717, 1.165) is 37.1 Å². The van der Waals surface area contributed by atoms with Crippen LogP contribution in [0, 0.1) is 0 Å². The van der Waals surface area contributed by atoms with Crippen LogP contribution >= 0.6 is 0 Å². The summed E-state index contributed by atoms with van der Waals surface area (Å²) in [5.74, 6) is -0.143. The van der Waals surface area contributed by atoms with Crippen molar-refractivity contribution in [1.82, 2.24) is 4.90 Å². The first kappa shape index (κ1) is 21.8. The monoisotopic (exact) mass is 426 g/mol. The minimum Gasteiger partial charge on any atom is -0.339 e. The standard InChI is InChI=1S/C28H30N2O2/c31-27(21-25(22-13-5-3-6-14-22)23-15-7-4-8-16-23)29-26-18-10-9-17-24(26)28(32)30-19-11-1-2-12-20-30/h3-10,13-18,25H,1-2,11-12,19-21H2,(H,29,31). The number of nitrogens with zero attached hydrogens (tertiary/aromatic N) is 1. The maximum atomic E-state index is 13.2. The summed E-state index contributed by atoms with van der Waals surface area (Å²) in [7, 11) is 0. The molecule has 0 atom stereocenters. The average Bonchev–Trinajstić information content (AvgIpc) is 3.13. The number of hydrogen-bond acceptors (Lipinski definition) is 2. The molecule has 1 N–H and O–H groups in total. The summed E-state index contributed by atoms with van der Waals surface area (Å²) >= 11 is 0. The van der Waals surface area contributed by atoms with Crippen molar-refractivity contribution in [2.24, 2.45) is 0 Å². The number of carbonyl (C=O) groups is 2. The van der Waals surface area contributed by atoms with Crippen LogP contribution in [0.15, 0.2) is 84.9 Å². The zero-order chi connectivity index (χ0) is 22.2. The molecular formula is C28H30N2O2. The summed E-state index contributed by atoms with van der Waals surface area (Å²) in [5, 5.41) is 3.03. The van der Waals surface area contributed by atoms with Gasteiger partial charge in [-0.1, -0.05) is 85.6 Å². The van der Waals surface area contributed by atoms with Crippen molar-refractivity contribution >= 4 is 17.5 Å². The van der Waals surface area contributed by atoms with Gasteiger partial charge in [-0.15, -0.1) is 0 Å². The van der Waals surface area contributed by atoms with E-state index in [2.05, 4.69) is 29.6 Å². The van der Waals surface area contributed by atoms with Gasteiger partial charge in [-0.25, -0.2) is 0 Å². The van der Waals surface area contributed by atoms with Gasteiger partial charge in [0.1, 0.15) is 0 Å². The molecule has 32 heavy (non-hydrogen) atoms. The number of nitrogens with one attached hydrogen (secondary N) is 1. The van der Waals surface area contributed by atoms with Gasteiger partial charge in [-0.2, -0.15) is 0 Å². The van der Waals surface area contributed by atoms with E-state index in [1.54, 1.807) is 0 Å². The van der Waals surface area contributed by atoms with Crippen molar-refractivity contribution in [3.8, 4) is 0 Å². The first-order chi connectivity index (χ1) is 15.7. The van der Waals surface area contributed by atoms with Crippen molar-refractivity contribution in [3.05, 3.63) is 102 Å². The third kappa shape index (κ3) is 5.44. The number of hydrogen-bond donors (Lipinski definition) is 1. The van der Waals surface area contributed by atoms with Crippen molar-refractivity contribution in [2.75, 3.05) is 18.4 Å². The van der Waals surface area contributed by atoms with E-state index in [4.69, 9.17) is 0 Å². The van der Waals surface area contributed by atoms with Crippen LogP contribution < -0.4 is 5.32 Å². The number of para-hydroxylation sites is 1. The number of carbonyl (C=O) groups excluding carboxylic acids is 2. The Morgan fingerprint density at radius 1 is 0.719 bits per heavy atom. The fraction of sp³-hybridized carbons (Fsp3) is 0.286. The fourth-order valence-corrected chi connectivity index (χ4v) is 4.41. The van der Waals surface area contributed by atoms with Gasteiger partial charge in [0.05, 0.1) is 11.3 Å². The zero-order valence-electron chi connectivity index (χ0n) is 18.4. The number of anilines is 1. The van der Waals surface area contributed by atoms with Crippen molar-refractivity contribution in [1.29, 1.82) is 0 Å². The molecule has 0 aromatic heterocycles. The van der Waals surface area contributed by atoms with Crippen molar-refractivity contribution in [3.63, 3.8) is 0 Å². The number of rotatable bonds is 6. The topological polar surface area (TPSA) is 49.4 Å². The van der Waals surface area contributed by atoms with E-state index < -0.39 is 0 Å². The predicted octanol–water partition coefficient (Wildman–Crippen LogP) is 5.86. The summed E-state index contributed by atoms with van der Waals surface area (Å²) in [6, 6.07) is 27.5. The molecule has 4 nitrogen and oxygen atoms in total. The lowest BCUT2D eigenvalue weighted by molar-refractivity contribution is -0.116. The molecule has 0 bridgehead atoms. The molecule has 0 spiro atoms. The molecule has 0 unspecified atom stereocenters. The van der Waals surface area contributed by atoms with Crippen molar-refractivity contribution in [2.45, 2.75) is 38.0 Å². The van der Waals surface area contributed by atoms with Gasteiger partial charge in [-0.05, 0) is 36.1 Å². The highest BCUT2D eigenvalue weighted by atomic mass is 16.2. The third-order valence-corrected chi connectivity index (χ3v) is 6.12. The summed E-state index contributed by atoms with van der Waals surface area (Å²) in [6.45, 7) is 1.57. The first-order valence-corrected chi connectivity index (χ1v) is 11.5. The van der Waals surface area contributed by atoms with Gasteiger partial charge < -0.3 is 10.2 Å². The molecule has 0 saturated carbocycles. The smallest absolute Gasteiger partial charge is 0.255 e. The Balaban J connectivity index is 1.53. The quantitative estimate of drug-likeness (QED) is 0.536. The second-order valence-corrected chi connectivity index (χ2v) is 8.38. The second-order valence-electron chi connectivity index (χ2n) is 8.38. The van der Waals surface area contributed by atoms with Gasteiger partial charge in [-0.3, -0.25) is 9.59 Å². The molecule has 3 aromatic rings. The van der Waals surface area contributed by atoms with Crippen LogP contribution in [-0.2, 0) is 4.79 Å². The molecule has 2 amide bonds. The van der Waals surface area contributed by atoms with Crippen LogP contribution in [0.1, 0.15) is 59.5 Å². The van der Waals surface area contributed by atoms with Gasteiger partial charge >= 0.3 is 0 Å². The van der Waals surface area contributed by atoms with E-state index in [1.165, 1.54) is 12.8 Å². The van der Waals surface area contributed by atoms with Crippen LogP contribution in [0.2, 0.25) is 0 Å². The second kappa shape index (κ2) is 10.8. The molecule has 164 valence electrons. The molecule has 0 aliphatic carbocycles. The zero-order valence-corrected chi connectivity index (χ0v) is 18.4. The largest absolute Gasteiger partial charge is 0.339 e. The number of amides is 2. The lowest BCUT2D eigenvalue weighted by Gasteiger charge is -2.22. The molecule has 1 aliphatic rings. The van der Waals surface area contributed by atoms with Crippen LogP contribution in [-0.4, -0.2) is 29.8 Å². The summed E-state index contributed by atoms with van der Waals surface area (Å²) < 4.78 is 0. The van der Waals surface area contributed by atoms with Crippen LogP contribution in [0.3, 0.4) is 0 Å². The maximum absolute atomic E-state index is 13.2. The lowest BCUT2D eigenvalue weighted by atomic mass is 9.88. The molecule has 1 fully saturated rings. The Hall–Kier alpha value is -3.40. The minimum atomic E-state index is -0.0983. The van der Waals surface area contributed by atoms with E-state index in [-0.39, 0.29) is 17.7 Å². The molecular weight excluding hydrogens is 396 g/mol. The Morgan fingerprint density at radius 2 is 1.25 bits per heavy atom. The predicted molar refractivity (Wildman–Crippen MR) is 129 cm³/mol. The van der Waals surface area contributed by atoms with E-state index in [0.29, 0.717) is 17.7 Å². The normalized spacial score (nSPS) is 14.1. The first-order valence-electron chi connectivity index (χ1n) is 11.5. The van der Waals surface area contributed by atoms with E-state index >= 15 is 0 Å². The van der Waals surface area contributed by atoms with E-state index in [1.807, 2.05) is 65.6 Å². The van der Waals surface area contributed by atoms with Gasteiger partial charge in [0.15, 0.2) is 0 Å². The minimum absolute atomic E-state index is 0.00506. The number of likely N-dealkylation sites (tertiary alicyclic amines) is 1. The Labute approximate surface area is 190 Å². The van der Waals surface area contributed by atoms with Crippen molar-refractivity contribution < 1.29 is 9.59 Å². The fourth-order valence-electron chi connectivity index (χ4n) is 4.41. The maximum Gasteiger partial charge on any atom is 0.255 e. The van der Waals surface area contributed by atoms with Crippen LogP contribution in [0.5, 0.6) is 0 Å². The molecule has 1 saturated heterocycles. The van der Waals surface area contributed by atoms with Gasteiger partial charge in [0.2, 0.25) is 5.91 Å². The molecule has 1 aliphatic heterocycles.